The smallest absolute Gasteiger partial charge is 0.0250 e. The first-order chi connectivity index (χ1) is 6.97. The van der Waals surface area contributed by atoms with Crippen molar-refractivity contribution in [2.45, 2.75) is 58.8 Å². The highest BCUT2D eigenvalue weighted by molar-refractivity contribution is 5.11. The molecule has 0 aromatic heterocycles. The van der Waals surface area contributed by atoms with E-state index in [9.17, 15) is 0 Å². The SMILES string of the molecule is C=CCC12CC3CC(C)(CC(C)(C3)C1)C2. The molecule has 0 heterocycles. The lowest BCUT2D eigenvalue weighted by atomic mass is 9.40. The van der Waals surface area contributed by atoms with Gasteiger partial charge in [-0.1, -0.05) is 19.9 Å². The molecule has 4 fully saturated rings. The molecule has 0 aromatic rings. The molecular weight excluding hydrogens is 180 g/mol. The monoisotopic (exact) mass is 204 g/mol. The molecule has 15 heavy (non-hydrogen) atoms. The van der Waals surface area contributed by atoms with Crippen LogP contribution < -0.4 is 0 Å². The highest BCUT2D eigenvalue weighted by atomic mass is 14.6. The second-order valence-electron chi connectivity index (χ2n) is 7.62. The van der Waals surface area contributed by atoms with Crippen molar-refractivity contribution in [3.8, 4) is 0 Å². The Balaban J connectivity index is 1.98. The van der Waals surface area contributed by atoms with E-state index in [1.165, 1.54) is 44.9 Å². The molecule has 4 aliphatic carbocycles. The summed E-state index contributed by atoms with van der Waals surface area (Å²) in [5, 5.41) is 0. The first kappa shape index (κ1) is 9.93. The third-order valence-corrected chi connectivity index (χ3v) is 5.32. The number of hydrogen-bond acceptors (Lipinski definition) is 0. The Kier molecular flexibility index (Phi) is 1.79. The topological polar surface area (TPSA) is 0 Å². The third-order valence-electron chi connectivity index (χ3n) is 5.32. The predicted molar refractivity (Wildman–Crippen MR) is 64.7 cm³/mol. The molecule has 2 atom stereocenters. The molecule has 4 rings (SSSR count). The summed E-state index contributed by atoms with van der Waals surface area (Å²) in [5.41, 5.74) is 2.01. The standard InChI is InChI=1S/C15H24/c1-4-5-15-8-12-6-13(2,10-15)9-14(3,7-12)11-15/h4,12H,1,5-11H2,2-3H3. The average Bonchev–Trinajstić information content (AvgIpc) is 1.94. The summed E-state index contributed by atoms with van der Waals surface area (Å²) in [6.07, 6.45) is 12.5. The Morgan fingerprint density at radius 1 is 1.07 bits per heavy atom. The van der Waals surface area contributed by atoms with E-state index >= 15 is 0 Å². The van der Waals surface area contributed by atoms with Gasteiger partial charge in [-0.2, -0.15) is 0 Å². The number of allylic oxidation sites excluding steroid dienone is 1. The summed E-state index contributed by atoms with van der Waals surface area (Å²) in [4.78, 5) is 0. The van der Waals surface area contributed by atoms with E-state index in [1.54, 1.807) is 0 Å². The van der Waals surface area contributed by atoms with Crippen molar-refractivity contribution in [3.63, 3.8) is 0 Å². The fraction of sp³-hybridized carbons (Fsp3) is 0.867. The fourth-order valence-corrected chi connectivity index (χ4v) is 6.22. The highest BCUT2D eigenvalue weighted by Crippen LogP contribution is 2.70. The summed E-state index contributed by atoms with van der Waals surface area (Å²) in [6.45, 7) is 9.08. The fourth-order valence-electron chi connectivity index (χ4n) is 6.22. The van der Waals surface area contributed by atoms with Crippen LogP contribution in [0.4, 0.5) is 0 Å². The lowest BCUT2D eigenvalue weighted by Crippen LogP contribution is -2.54. The molecule has 4 bridgehead atoms. The quantitative estimate of drug-likeness (QED) is 0.578. The van der Waals surface area contributed by atoms with Gasteiger partial charge in [-0.15, -0.1) is 6.58 Å². The minimum Gasteiger partial charge on any atom is -0.103 e. The molecule has 0 amide bonds. The van der Waals surface area contributed by atoms with Gasteiger partial charge in [0.15, 0.2) is 0 Å². The van der Waals surface area contributed by atoms with Crippen molar-refractivity contribution in [1.82, 2.24) is 0 Å². The maximum absolute atomic E-state index is 3.98. The molecule has 0 saturated heterocycles. The molecule has 0 aromatic carbocycles. The van der Waals surface area contributed by atoms with Crippen LogP contribution in [0.5, 0.6) is 0 Å². The van der Waals surface area contributed by atoms with Gasteiger partial charge in [-0.25, -0.2) is 0 Å². The van der Waals surface area contributed by atoms with Crippen LogP contribution in [0.2, 0.25) is 0 Å². The van der Waals surface area contributed by atoms with Crippen molar-refractivity contribution < 1.29 is 0 Å². The molecule has 0 nitrogen and oxygen atoms in total. The van der Waals surface area contributed by atoms with Crippen LogP contribution in [0, 0.1) is 22.2 Å². The van der Waals surface area contributed by atoms with E-state index in [0.717, 1.165) is 5.92 Å². The van der Waals surface area contributed by atoms with Crippen molar-refractivity contribution in [3.05, 3.63) is 12.7 Å². The minimum absolute atomic E-state index is 0.657. The predicted octanol–water partition coefficient (Wildman–Crippen LogP) is 4.56. The Labute approximate surface area is 94.1 Å². The van der Waals surface area contributed by atoms with Gasteiger partial charge in [0.25, 0.3) is 0 Å². The first-order valence-corrected chi connectivity index (χ1v) is 6.58. The molecule has 0 spiro atoms. The van der Waals surface area contributed by atoms with E-state index < -0.39 is 0 Å². The van der Waals surface area contributed by atoms with Gasteiger partial charge >= 0.3 is 0 Å². The van der Waals surface area contributed by atoms with Crippen LogP contribution >= 0.6 is 0 Å². The first-order valence-electron chi connectivity index (χ1n) is 6.58. The van der Waals surface area contributed by atoms with Crippen LogP contribution in [0.25, 0.3) is 0 Å². The molecule has 0 aliphatic heterocycles. The zero-order valence-corrected chi connectivity index (χ0v) is 10.3. The van der Waals surface area contributed by atoms with Crippen LogP contribution in [0.3, 0.4) is 0 Å². The van der Waals surface area contributed by atoms with Crippen LogP contribution in [0.15, 0.2) is 12.7 Å². The molecular formula is C15H24. The summed E-state index contributed by atoms with van der Waals surface area (Å²) in [5.74, 6) is 1.04. The lowest BCUT2D eigenvalue weighted by molar-refractivity contribution is -0.143. The van der Waals surface area contributed by atoms with Gasteiger partial charge in [0.2, 0.25) is 0 Å². The van der Waals surface area contributed by atoms with Gasteiger partial charge in [-0.05, 0) is 67.1 Å². The summed E-state index contributed by atoms with van der Waals surface area (Å²) >= 11 is 0. The average molecular weight is 204 g/mol. The van der Waals surface area contributed by atoms with Crippen molar-refractivity contribution in [2.75, 3.05) is 0 Å². The van der Waals surface area contributed by atoms with Crippen molar-refractivity contribution in [1.29, 1.82) is 0 Å². The molecule has 4 aliphatic rings. The molecule has 0 heteroatoms. The Bertz CT molecular complexity index is 283. The zero-order chi connectivity index (χ0) is 10.7. The van der Waals surface area contributed by atoms with E-state index in [0.29, 0.717) is 16.2 Å². The van der Waals surface area contributed by atoms with E-state index in [1.807, 2.05) is 0 Å². The zero-order valence-electron chi connectivity index (χ0n) is 10.3. The van der Waals surface area contributed by atoms with Gasteiger partial charge in [-0.3, -0.25) is 0 Å². The van der Waals surface area contributed by atoms with E-state index in [4.69, 9.17) is 0 Å². The second-order valence-corrected chi connectivity index (χ2v) is 7.62. The number of hydrogen-bond donors (Lipinski definition) is 0. The second kappa shape index (κ2) is 2.70. The van der Waals surface area contributed by atoms with Gasteiger partial charge in [0.1, 0.15) is 0 Å². The normalized spacial score (nSPS) is 57.1. The van der Waals surface area contributed by atoms with Crippen LogP contribution in [-0.2, 0) is 0 Å². The molecule has 4 saturated carbocycles. The summed E-state index contributed by atoms with van der Waals surface area (Å²) in [6, 6.07) is 0. The van der Waals surface area contributed by atoms with Gasteiger partial charge < -0.3 is 0 Å². The maximum Gasteiger partial charge on any atom is -0.0250 e. The van der Waals surface area contributed by atoms with Crippen molar-refractivity contribution in [2.24, 2.45) is 22.2 Å². The van der Waals surface area contributed by atoms with E-state index in [-0.39, 0.29) is 0 Å². The summed E-state index contributed by atoms with van der Waals surface area (Å²) < 4.78 is 0. The Morgan fingerprint density at radius 2 is 1.67 bits per heavy atom. The maximum atomic E-state index is 3.98. The summed E-state index contributed by atoms with van der Waals surface area (Å²) in [7, 11) is 0. The molecule has 0 N–H and O–H groups in total. The largest absolute Gasteiger partial charge is 0.103 e. The van der Waals surface area contributed by atoms with Crippen LogP contribution in [0.1, 0.15) is 58.8 Å². The molecule has 84 valence electrons. The Hall–Kier alpha value is -0.260. The lowest BCUT2D eigenvalue weighted by Gasteiger charge is -2.65. The van der Waals surface area contributed by atoms with Crippen molar-refractivity contribution >= 4 is 0 Å². The molecule has 0 radical (unpaired) electrons. The van der Waals surface area contributed by atoms with E-state index in [2.05, 4.69) is 26.5 Å². The Morgan fingerprint density at radius 3 is 2.13 bits per heavy atom. The number of rotatable bonds is 2. The van der Waals surface area contributed by atoms with Gasteiger partial charge in [0, 0.05) is 0 Å². The minimum atomic E-state index is 0.657. The van der Waals surface area contributed by atoms with Crippen LogP contribution in [-0.4, -0.2) is 0 Å². The van der Waals surface area contributed by atoms with Gasteiger partial charge in [0.05, 0.1) is 0 Å². The molecule has 2 unspecified atom stereocenters. The highest BCUT2D eigenvalue weighted by Gasteiger charge is 2.59. The third kappa shape index (κ3) is 1.40.